The lowest BCUT2D eigenvalue weighted by atomic mass is 9.49. The van der Waals surface area contributed by atoms with Crippen molar-refractivity contribution in [2.45, 2.75) is 51.6 Å². The van der Waals surface area contributed by atoms with E-state index in [2.05, 4.69) is 36.1 Å². The van der Waals surface area contributed by atoms with Crippen molar-refractivity contribution in [3.05, 3.63) is 35.4 Å². The summed E-state index contributed by atoms with van der Waals surface area (Å²) in [7, 11) is 0. The molecule has 134 valence electrons. The average molecular weight is 339 g/mol. The quantitative estimate of drug-likeness (QED) is 0.811. The Labute approximate surface area is 150 Å². The number of hydrogen-bond acceptors (Lipinski definition) is 2. The summed E-state index contributed by atoms with van der Waals surface area (Å²) in [5, 5.41) is 0. The number of aryl methyl sites for hydroxylation is 1. The van der Waals surface area contributed by atoms with Crippen LogP contribution in [0.4, 0.5) is 0 Å². The summed E-state index contributed by atoms with van der Waals surface area (Å²) >= 11 is 0. The van der Waals surface area contributed by atoms with Crippen LogP contribution in [-0.4, -0.2) is 30.5 Å². The molecule has 1 aromatic rings. The highest BCUT2D eigenvalue weighted by Gasteiger charge is 2.55. The fourth-order valence-electron chi connectivity index (χ4n) is 6.52. The molecule has 5 aliphatic rings. The van der Waals surface area contributed by atoms with E-state index in [4.69, 9.17) is 4.74 Å². The molecule has 0 aromatic heterocycles. The minimum Gasteiger partial charge on any atom is -0.370 e. The zero-order valence-electron chi connectivity index (χ0n) is 15.2. The van der Waals surface area contributed by atoms with Gasteiger partial charge < -0.3 is 9.64 Å². The maximum atomic E-state index is 13.6. The largest absolute Gasteiger partial charge is 0.370 e. The average Bonchev–Trinajstić information content (AvgIpc) is 2.61. The summed E-state index contributed by atoms with van der Waals surface area (Å²) in [6.07, 6.45) is 7.68. The fraction of sp³-hybridized carbons (Fsp3) is 0.682. The predicted molar refractivity (Wildman–Crippen MR) is 97.1 cm³/mol. The summed E-state index contributed by atoms with van der Waals surface area (Å²) < 4.78 is 6.01. The van der Waals surface area contributed by atoms with Crippen LogP contribution in [0.1, 0.15) is 55.8 Å². The van der Waals surface area contributed by atoms with Gasteiger partial charge in [-0.25, -0.2) is 0 Å². The van der Waals surface area contributed by atoms with E-state index in [-0.39, 0.29) is 11.5 Å². The monoisotopic (exact) mass is 339 g/mol. The lowest BCUT2D eigenvalue weighted by Gasteiger charge is -2.57. The van der Waals surface area contributed by atoms with Gasteiger partial charge in [0.25, 0.3) is 0 Å². The Morgan fingerprint density at radius 2 is 1.64 bits per heavy atom. The number of benzene rings is 1. The van der Waals surface area contributed by atoms with Crippen molar-refractivity contribution in [1.29, 1.82) is 0 Å². The molecular weight excluding hydrogens is 310 g/mol. The Hall–Kier alpha value is -1.35. The van der Waals surface area contributed by atoms with E-state index in [1.165, 1.54) is 30.4 Å². The van der Waals surface area contributed by atoms with E-state index in [1.54, 1.807) is 0 Å². The zero-order chi connectivity index (χ0) is 17.0. The summed E-state index contributed by atoms with van der Waals surface area (Å²) in [5.41, 5.74) is 2.44. The fourth-order valence-corrected chi connectivity index (χ4v) is 6.52. The van der Waals surface area contributed by atoms with E-state index in [0.717, 1.165) is 50.1 Å². The third-order valence-corrected chi connectivity index (χ3v) is 7.29. The molecule has 1 atom stereocenters. The van der Waals surface area contributed by atoms with Crippen LogP contribution in [0.3, 0.4) is 0 Å². The maximum Gasteiger partial charge on any atom is 0.228 e. The van der Waals surface area contributed by atoms with E-state index < -0.39 is 0 Å². The van der Waals surface area contributed by atoms with Crippen molar-refractivity contribution in [2.75, 3.05) is 19.7 Å². The first-order chi connectivity index (χ1) is 12.1. The Bertz CT molecular complexity index is 630. The van der Waals surface area contributed by atoms with E-state index in [9.17, 15) is 4.79 Å². The summed E-state index contributed by atoms with van der Waals surface area (Å²) in [4.78, 5) is 15.7. The maximum absolute atomic E-state index is 13.6. The van der Waals surface area contributed by atoms with Crippen LogP contribution >= 0.6 is 0 Å². The predicted octanol–water partition coefficient (Wildman–Crippen LogP) is 4.11. The molecule has 6 rings (SSSR count). The molecule has 1 heterocycles. The lowest BCUT2D eigenvalue weighted by Crippen LogP contribution is -2.56. The second kappa shape index (κ2) is 5.84. The number of ether oxygens (including phenoxy) is 1. The van der Waals surface area contributed by atoms with Gasteiger partial charge in [-0.2, -0.15) is 0 Å². The van der Waals surface area contributed by atoms with Gasteiger partial charge >= 0.3 is 0 Å². The molecule has 0 N–H and O–H groups in total. The molecule has 4 bridgehead atoms. The highest BCUT2D eigenvalue weighted by Crippen LogP contribution is 2.60. The van der Waals surface area contributed by atoms with E-state index in [0.29, 0.717) is 12.5 Å². The molecule has 1 saturated heterocycles. The molecule has 5 fully saturated rings. The van der Waals surface area contributed by atoms with Crippen molar-refractivity contribution >= 4 is 5.91 Å². The van der Waals surface area contributed by atoms with Crippen molar-refractivity contribution in [3.8, 4) is 0 Å². The first-order valence-corrected chi connectivity index (χ1v) is 10.1. The molecule has 1 unspecified atom stereocenters. The standard InChI is InChI=1S/C22H29NO2/c1-15-2-4-19(5-3-15)20-14-23(6-7-25-20)21(24)22-11-16-8-17(12-22)10-18(9-16)13-22/h2-5,16-18,20H,6-14H2,1H3. The summed E-state index contributed by atoms with van der Waals surface area (Å²) in [5.74, 6) is 2.92. The molecular formula is C22H29NO2. The number of amides is 1. The third-order valence-electron chi connectivity index (χ3n) is 7.29. The minimum absolute atomic E-state index is 0.0239. The molecule has 4 aliphatic carbocycles. The van der Waals surface area contributed by atoms with Crippen molar-refractivity contribution in [2.24, 2.45) is 23.2 Å². The number of morpholine rings is 1. The van der Waals surface area contributed by atoms with Crippen LogP contribution in [-0.2, 0) is 9.53 Å². The molecule has 3 heteroatoms. The molecule has 3 nitrogen and oxygen atoms in total. The molecule has 1 aromatic carbocycles. The van der Waals surface area contributed by atoms with Gasteiger partial charge in [0.15, 0.2) is 0 Å². The highest BCUT2D eigenvalue weighted by atomic mass is 16.5. The van der Waals surface area contributed by atoms with Gasteiger partial charge in [0.05, 0.1) is 18.6 Å². The van der Waals surface area contributed by atoms with Gasteiger partial charge in [0.1, 0.15) is 6.10 Å². The van der Waals surface area contributed by atoms with Gasteiger partial charge in [0.2, 0.25) is 5.91 Å². The number of carbonyl (C=O) groups is 1. The molecule has 0 radical (unpaired) electrons. The SMILES string of the molecule is Cc1ccc(C2CN(C(=O)C34CC5CC(CC(C5)C3)C4)CCO2)cc1. The topological polar surface area (TPSA) is 29.5 Å². The van der Waals surface area contributed by atoms with Gasteiger partial charge in [-0.3, -0.25) is 4.79 Å². The number of carbonyl (C=O) groups excluding carboxylic acids is 1. The van der Waals surface area contributed by atoms with Crippen LogP contribution in [0.2, 0.25) is 0 Å². The highest BCUT2D eigenvalue weighted by molar-refractivity contribution is 5.83. The Morgan fingerprint density at radius 1 is 1.04 bits per heavy atom. The Kier molecular flexibility index (Phi) is 3.70. The Morgan fingerprint density at radius 3 is 2.24 bits per heavy atom. The van der Waals surface area contributed by atoms with Gasteiger partial charge in [0, 0.05) is 6.54 Å². The van der Waals surface area contributed by atoms with E-state index in [1.807, 2.05) is 0 Å². The van der Waals surface area contributed by atoms with Crippen molar-refractivity contribution in [3.63, 3.8) is 0 Å². The van der Waals surface area contributed by atoms with Crippen LogP contribution in [0.15, 0.2) is 24.3 Å². The van der Waals surface area contributed by atoms with Crippen LogP contribution in [0.5, 0.6) is 0 Å². The van der Waals surface area contributed by atoms with Crippen molar-refractivity contribution < 1.29 is 9.53 Å². The molecule has 4 saturated carbocycles. The smallest absolute Gasteiger partial charge is 0.228 e. The van der Waals surface area contributed by atoms with Gasteiger partial charge in [-0.1, -0.05) is 29.8 Å². The minimum atomic E-state index is -0.0239. The first-order valence-electron chi connectivity index (χ1n) is 10.1. The normalized spacial score (nSPS) is 39.6. The number of hydrogen-bond donors (Lipinski definition) is 0. The van der Waals surface area contributed by atoms with Gasteiger partial charge in [-0.15, -0.1) is 0 Å². The molecule has 0 spiro atoms. The number of rotatable bonds is 2. The van der Waals surface area contributed by atoms with Gasteiger partial charge in [-0.05, 0) is 68.8 Å². The molecule has 25 heavy (non-hydrogen) atoms. The lowest BCUT2D eigenvalue weighted by molar-refractivity contribution is -0.164. The molecule has 1 amide bonds. The van der Waals surface area contributed by atoms with Crippen LogP contribution in [0, 0.1) is 30.1 Å². The van der Waals surface area contributed by atoms with Crippen molar-refractivity contribution in [1.82, 2.24) is 4.90 Å². The van der Waals surface area contributed by atoms with E-state index >= 15 is 0 Å². The second-order valence-electron chi connectivity index (χ2n) is 9.22. The summed E-state index contributed by atoms with van der Waals surface area (Å²) in [6, 6.07) is 8.58. The third kappa shape index (κ3) is 2.71. The number of nitrogens with zero attached hydrogens (tertiary/aromatic N) is 1. The van der Waals surface area contributed by atoms with Crippen LogP contribution < -0.4 is 0 Å². The summed E-state index contributed by atoms with van der Waals surface area (Å²) in [6.45, 7) is 4.26. The Balaban J connectivity index is 1.34. The second-order valence-corrected chi connectivity index (χ2v) is 9.22. The van der Waals surface area contributed by atoms with Crippen LogP contribution in [0.25, 0.3) is 0 Å². The molecule has 1 aliphatic heterocycles. The zero-order valence-corrected chi connectivity index (χ0v) is 15.2. The first kappa shape index (κ1) is 15.9.